The molecular formula is C14H18N2O4. The molecule has 1 aliphatic heterocycles. The highest BCUT2D eigenvalue weighted by Crippen LogP contribution is 2.22. The van der Waals surface area contributed by atoms with Crippen LogP contribution >= 0.6 is 0 Å². The average Bonchev–Trinajstić information content (AvgIpc) is 2.92. The summed E-state index contributed by atoms with van der Waals surface area (Å²) < 4.78 is 5.56. The third-order valence-electron chi connectivity index (χ3n) is 3.51. The van der Waals surface area contributed by atoms with E-state index in [1.54, 1.807) is 0 Å². The minimum absolute atomic E-state index is 0.131. The number of pyridine rings is 1. The number of nitrogens with zero attached hydrogens (tertiary/aromatic N) is 1. The van der Waals surface area contributed by atoms with Crippen LogP contribution in [0.1, 0.15) is 40.6 Å². The number of aromatic nitrogens is 1. The van der Waals surface area contributed by atoms with Crippen molar-refractivity contribution in [3.63, 3.8) is 0 Å². The van der Waals surface area contributed by atoms with E-state index in [4.69, 9.17) is 9.84 Å². The topological polar surface area (TPSA) is 88.5 Å². The van der Waals surface area contributed by atoms with E-state index >= 15 is 0 Å². The Bertz CT molecular complexity index is 504. The predicted molar refractivity (Wildman–Crippen MR) is 71.7 cm³/mol. The van der Waals surface area contributed by atoms with Gasteiger partial charge in [-0.15, -0.1) is 0 Å². The third kappa shape index (κ3) is 3.33. The molecule has 6 nitrogen and oxygen atoms in total. The zero-order valence-electron chi connectivity index (χ0n) is 11.3. The summed E-state index contributed by atoms with van der Waals surface area (Å²) in [6.07, 6.45) is 3.39. The van der Waals surface area contributed by atoms with Gasteiger partial charge in [-0.05, 0) is 25.0 Å². The molecule has 2 heterocycles. The Labute approximate surface area is 117 Å². The highest BCUT2D eigenvalue weighted by molar-refractivity contribution is 5.96. The summed E-state index contributed by atoms with van der Waals surface area (Å²) in [5.41, 5.74) is 0.178. The molecule has 2 unspecified atom stereocenters. The Hall–Kier alpha value is -1.95. The molecule has 0 aliphatic carbocycles. The number of rotatable bonds is 5. The summed E-state index contributed by atoms with van der Waals surface area (Å²) in [5, 5.41) is 11.7. The van der Waals surface area contributed by atoms with Gasteiger partial charge >= 0.3 is 5.97 Å². The summed E-state index contributed by atoms with van der Waals surface area (Å²) in [5.74, 6) is -1.10. The molecule has 1 aliphatic rings. The van der Waals surface area contributed by atoms with Crippen molar-refractivity contribution in [1.29, 1.82) is 0 Å². The Balaban J connectivity index is 1.95. The molecule has 0 radical (unpaired) electrons. The Morgan fingerprint density at radius 3 is 3.05 bits per heavy atom. The molecule has 6 heteroatoms. The molecule has 1 aromatic heterocycles. The quantitative estimate of drug-likeness (QED) is 0.848. The lowest BCUT2D eigenvalue weighted by Gasteiger charge is -2.17. The van der Waals surface area contributed by atoms with Crippen LogP contribution in [0, 0.1) is 5.92 Å². The van der Waals surface area contributed by atoms with Gasteiger partial charge in [0, 0.05) is 30.8 Å². The first-order chi connectivity index (χ1) is 9.61. The van der Waals surface area contributed by atoms with E-state index in [9.17, 15) is 9.59 Å². The van der Waals surface area contributed by atoms with E-state index < -0.39 is 5.97 Å². The standard InChI is InChI=1S/C14H18N2O4/c1-2-12-10(4-6-20-12)8-16-13(17)9-3-5-15-11(7-9)14(18)19/h3,5,7,10,12H,2,4,6,8H2,1H3,(H,16,17)(H,18,19). The van der Waals surface area contributed by atoms with E-state index in [1.807, 2.05) is 0 Å². The first-order valence-electron chi connectivity index (χ1n) is 6.71. The smallest absolute Gasteiger partial charge is 0.354 e. The number of ether oxygens (including phenoxy) is 1. The molecule has 0 saturated carbocycles. The van der Waals surface area contributed by atoms with Gasteiger partial charge in [0.1, 0.15) is 5.69 Å². The van der Waals surface area contributed by atoms with Crippen LogP contribution < -0.4 is 5.32 Å². The molecule has 0 spiro atoms. The molecule has 1 aromatic rings. The summed E-state index contributed by atoms with van der Waals surface area (Å²) >= 11 is 0. The molecule has 1 fully saturated rings. The van der Waals surface area contributed by atoms with Gasteiger partial charge in [0.25, 0.3) is 5.91 Å². The second-order valence-electron chi connectivity index (χ2n) is 4.81. The number of nitrogens with one attached hydrogen (secondary N) is 1. The minimum Gasteiger partial charge on any atom is -0.477 e. The van der Waals surface area contributed by atoms with Crippen molar-refractivity contribution in [3.8, 4) is 0 Å². The Kier molecular flexibility index (Phi) is 4.68. The fraction of sp³-hybridized carbons (Fsp3) is 0.500. The SMILES string of the molecule is CCC1OCCC1CNC(=O)c1ccnc(C(=O)O)c1. The highest BCUT2D eigenvalue weighted by atomic mass is 16.5. The van der Waals surface area contributed by atoms with Crippen LogP contribution in [0.25, 0.3) is 0 Å². The van der Waals surface area contributed by atoms with Crippen molar-refractivity contribution in [2.45, 2.75) is 25.9 Å². The van der Waals surface area contributed by atoms with Gasteiger partial charge in [-0.1, -0.05) is 6.92 Å². The van der Waals surface area contributed by atoms with E-state index in [0.29, 0.717) is 18.0 Å². The average molecular weight is 278 g/mol. The largest absolute Gasteiger partial charge is 0.477 e. The maximum atomic E-state index is 12.0. The molecule has 1 saturated heterocycles. The first-order valence-corrected chi connectivity index (χ1v) is 6.71. The van der Waals surface area contributed by atoms with Gasteiger partial charge in [-0.2, -0.15) is 0 Å². The normalized spacial score (nSPS) is 21.6. The van der Waals surface area contributed by atoms with Gasteiger partial charge in [-0.3, -0.25) is 4.79 Å². The second-order valence-corrected chi connectivity index (χ2v) is 4.81. The van der Waals surface area contributed by atoms with Crippen LogP contribution in [0.2, 0.25) is 0 Å². The van der Waals surface area contributed by atoms with Crippen LogP contribution in [0.15, 0.2) is 18.3 Å². The monoisotopic (exact) mass is 278 g/mol. The minimum atomic E-state index is -1.14. The van der Waals surface area contributed by atoms with E-state index in [-0.39, 0.29) is 17.7 Å². The van der Waals surface area contributed by atoms with Crippen LogP contribution in [0.5, 0.6) is 0 Å². The summed E-state index contributed by atoms with van der Waals surface area (Å²) in [7, 11) is 0. The summed E-state index contributed by atoms with van der Waals surface area (Å²) in [4.78, 5) is 26.5. The van der Waals surface area contributed by atoms with E-state index in [0.717, 1.165) is 19.4 Å². The molecule has 2 rings (SSSR count). The molecule has 108 valence electrons. The number of carbonyl (C=O) groups excluding carboxylic acids is 1. The first kappa shape index (κ1) is 14.5. The molecular weight excluding hydrogens is 260 g/mol. The van der Waals surface area contributed by atoms with E-state index in [1.165, 1.54) is 18.3 Å². The van der Waals surface area contributed by atoms with Crippen LogP contribution in [-0.4, -0.2) is 41.2 Å². The van der Waals surface area contributed by atoms with Gasteiger partial charge in [-0.25, -0.2) is 9.78 Å². The number of amides is 1. The number of carboxylic acid groups (broad SMARTS) is 1. The second kappa shape index (κ2) is 6.47. The van der Waals surface area contributed by atoms with Crippen LogP contribution in [-0.2, 0) is 4.74 Å². The van der Waals surface area contributed by atoms with Crippen molar-refractivity contribution in [2.24, 2.45) is 5.92 Å². The van der Waals surface area contributed by atoms with Gasteiger partial charge in [0.2, 0.25) is 0 Å². The Morgan fingerprint density at radius 2 is 2.35 bits per heavy atom. The van der Waals surface area contributed by atoms with Crippen molar-refractivity contribution in [2.75, 3.05) is 13.2 Å². The third-order valence-corrected chi connectivity index (χ3v) is 3.51. The Morgan fingerprint density at radius 1 is 1.55 bits per heavy atom. The van der Waals surface area contributed by atoms with E-state index in [2.05, 4.69) is 17.2 Å². The zero-order chi connectivity index (χ0) is 14.5. The summed E-state index contributed by atoms with van der Waals surface area (Å²) in [6, 6.07) is 2.78. The molecule has 1 amide bonds. The lowest BCUT2D eigenvalue weighted by Crippen LogP contribution is -2.32. The zero-order valence-corrected chi connectivity index (χ0v) is 11.3. The van der Waals surface area contributed by atoms with Gasteiger partial charge < -0.3 is 15.2 Å². The predicted octanol–water partition coefficient (Wildman–Crippen LogP) is 1.32. The van der Waals surface area contributed by atoms with Crippen LogP contribution in [0.4, 0.5) is 0 Å². The number of carbonyl (C=O) groups is 2. The lowest BCUT2D eigenvalue weighted by atomic mass is 9.99. The van der Waals surface area contributed by atoms with Crippen LogP contribution in [0.3, 0.4) is 0 Å². The van der Waals surface area contributed by atoms with Crippen molar-refractivity contribution >= 4 is 11.9 Å². The lowest BCUT2D eigenvalue weighted by molar-refractivity contribution is 0.0690. The number of aromatic carboxylic acids is 1. The molecule has 2 N–H and O–H groups in total. The van der Waals surface area contributed by atoms with Crippen molar-refractivity contribution in [1.82, 2.24) is 10.3 Å². The number of carboxylic acids is 1. The molecule has 0 aromatic carbocycles. The number of hydrogen-bond acceptors (Lipinski definition) is 4. The summed E-state index contributed by atoms with van der Waals surface area (Å²) in [6.45, 7) is 3.34. The van der Waals surface area contributed by atoms with Crippen molar-refractivity contribution in [3.05, 3.63) is 29.6 Å². The molecule has 20 heavy (non-hydrogen) atoms. The molecule has 2 atom stereocenters. The fourth-order valence-corrected chi connectivity index (χ4v) is 2.39. The fourth-order valence-electron chi connectivity index (χ4n) is 2.39. The maximum absolute atomic E-state index is 12.0. The van der Waals surface area contributed by atoms with Crippen molar-refractivity contribution < 1.29 is 19.4 Å². The molecule has 0 bridgehead atoms. The van der Waals surface area contributed by atoms with Gasteiger partial charge in [0.15, 0.2) is 0 Å². The van der Waals surface area contributed by atoms with Gasteiger partial charge in [0.05, 0.1) is 6.10 Å². The maximum Gasteiger partial charge on any atom is 0.354 e. The number of hydrogen-bond donors (Lipinski definition) is 2. The highest BCUT2D eigenvalue weighted by Gasteiger charge is 2.27.